The maximum Gasteiger partial charge on any atom is 0.238 e. The molecule has 1 saturated heterocycles. The molecule has 21 heavy (non-hydrogen) atoms. The van der Waals surface area contributed by atoms with E-state index in [1.54, 1.807) is 0 Å². The van der Waals surface area contributed by atoms with Gasteiger partial charge in [-0.05, 0) is 44.4 Å². The summed E-state index contributed by atoms with van der Waals surface area (Å²) in [4.78, 5) is 14.7. The molecular formula is C17H27N3O. The van der Waals surface area contributed by atoms with Crippen LogP contribution in [0.2, 0.25) is 0 Å². The first-order chi connectivity index (χ1) is 10.1. The molecule has 1 aliphatic rings. The van der Waals surface area contributed by atoms with E-state index in [0.29, 0.717) is 18.3 Å². The molecule has 1 amide bonds. The van der Waals surface area contributed by atoms with Crippen LogP contribution in [0.15, 0.2) is 18.2 Å². The number of nitrogens with one attached hydrogen (secondary N) is 1. The summed E-state index contributed by atoms with van der Waals surface area (Å²) in [7, 11) is 0. The molecule has 3 N–H and O–H groups in total. The molecule has 0 aromatic heterocycles. The van der Waals surface area contributed by atoms with E-state index in [9.17, 15) is 4.79 Å². The largest absolute Gasteiger partial charge is 0.397 e. The second-order valence-electron chi connectivity index (χ2n) is 5.97. The minimum atomic E-state index is 0.0383. The van der Waals surface area contributed by atoms with E-state index < -0.39 is 0 Å². The Balaban J connectivity index is 2.00. The monoisotopic (exact) mass is 289 g/mol. The summed E-state index contributed by atoms with van der Waals surface area (Å²) in [6.45, 7) is 5.66. The molecule has 0 radical (unpaired) electrons. The van der Waals surface area contributed by atoms with Crippen LogP contribution < -0.4 is 11.1 Å². The van der Waals surface area contributed by atoms with Gasteiger partial charge in [-0.1, -0.05) is 31.9 Å². The highest BCUT2D eigenvalue weighted by atomic mass is 16.2. The number of para-hydroxylation sites is 1. The van der Waals surface area contributed by atoms with Gasteiger partial charge in [-0.15, -0.1) is 0 Å². The van der Waals surface area contributed by atoms with Crippen molar-refractivity contribution in [2.24, 2.45) is 0 Å². The van der Waals surface area contributed by atoms with Crippen LogP contribution in [0.1, 0.15) is 44.6 Å². The lowest BCUT2D eigenvalue weighted by Crippen LogP contribution is -2.40. The number of nitrogens with zero attached hydrogens (tertiary/aromatic N) is 1. The number of hydrogen-bond acceptors (Lipinski definition) is 3. The van der Waals surface area contributed by atoms with Gasteiger partial charge in [0.2, 0.25) is 5.91 Å². The maximum absolute atomic E-state index is 12.4. The number of likely N-dealkylation sites (tertiary alicyclic amines) is 1. The Hall–Kier alpha value is -1.55. The summed E-state index contributed by atoms with van der Waals surface area (Å²) in [6, 6.07) is 6.23. The number of anilines is 2. The van der Waals surface area contributed by atoms with E-state index in [0.717, 1.165) is 24.2 Å². The molecule has 2 rings (SSSR count). The minimum absolute atomic E-state index is 0.0383. The van der Waals surface area contributed by atoms with Gasteiger partial charge >= 0.3 is 0 Å². The van der Waals surface area contributed by atoms with Gasteiger partial charge in [0.1, 0.15) is 0 Å². The lowest BCUT2D eigenvalue weighted by atomic mass is 10.1. The van der Waals surface area contributed by atoms with Crippen LogP contribution in [0.3, 0.4) is 0 Å². The van der Waals surface area contributed by atoms with Crippen LogP contribution in [-0.4, -0.2) is 29.9 Å². The predicted molar refractivity (Wildman–Crippen MR) is 88.3 cm³/mol. The summed E-state index contributed by atoms with van der Waals surface area (Å²) in [5.41, 5.74) is 8.34. The first kappa shape index (κ1) is 15.8. The second kappa shape index (κ2) is 7.46. The zero-order chi connectivity index (χ0) is 15.2. The summed E-state index contributed by atoms with van der Waals surface area (Å²) in [6.07, 6.45) is 6.06. The topological polar surface area (TPSA) is 58.4 Å². The molecule has 4 heteroatoms. The Morgan fingerprint density at radius 2 is 2.19 bits per heavy atom. The lowest BCUT2D eigenvalue weighted by Gasteiger charge is -2.28. The van der Waals surface area contributed by atoms with Crippen molar-refractivity contribution in [3.05, 3.63) is 23.8 Å². The number of benzene rings is 1. The van der Waals surface area contributed by atoms with Gasteiger partial charge < -0.3 is 11.1 Å². The summed E-state index contributed by atoms with van der Waals surface area (Å²) < 4.78 is 0. The molecule has 1 fully saturated rings. The van der Waals surface area contributed by atoms with E-state index in [1.165, 1.54) is 25.7 Å². The zero-order valence-electron chi connectivity index (χ0n) is 13.2. The first-order valence-corrected chi connectivity index (χ1v) is 8.00. The molecule has 1 aromatic carbocycles. The third-order valence-electron chi connectivity index (χ3n) is 4.39. The van der Waals surface area contributed by atoms with Crippen molar-refractivity contribution in [3.8, 4) is 0 Å². The highest BCUT2D eigenvalue weighted by Gasteiger charge is 2.21. The Morgan fingerprint density at radius 1 is 1.38 bits per heavy atom. The quantitative estimate of drug-likeness (QED) is 0.837. The highest BCUT2D eigenvalue weighted by Crippen LogP contribution is 2.23. The fourth-order valence-corrected chi connectivity index (χ4v) is 3.13. The fourth-order valence-electron chi connectivity index (χ4n) is 3.13. The average Bonchev–Trinajstić information content (AvgIpc) is 2.68. The maximum atomic E-state index is 12.4. The smallest absolute Gasteiger partial charge is 0.238 e. The molecule has 1 aromatic rings. The number of nitrogen functional groups attached to an aromatic ring is 1. The summed E-state index contributed by atoms with van der Waals surface area (Å²) in [5.74, 6) is 0.0383. The Kier molecular flexibility index (Phi) is 5.62. The molecule has 1 atom stereocenters. The molecule has 1 aliphatic heterocycles. The van der Waals surface area contributed by atoms with Gasteiger partial charge in [-0.3, -0.25) is 9.69 Å². The number of aryl methyl sites for hydroxylation is 1. The lowest BCUT2D eigenvalue weighted by molar-refractivity contribution is -0.117. The fraction of sp³-hybridized carbons (Fsp3) is 0.588. The molecular weight excluding hydrogens is 262 g/mol. The van der Waals surface area contributed by atoms with Crippen molar-refractivity contribution >= 4 is 17.3 Å². The van der Waals surface area contributed by atoms with Crippen molar-refractivity contribution in [1.82, 2.24) is 4.90 Å². The second-order valence-corrected chi connectivity index (χ2v) is 5.97. The SMILES string of the molecule is CCC1CCCCCN1CC(=O)Nc1c(C)cccc1N. The predicted octanol–water partition coefficient (Wildman–Crippen LogP) is 3.17. The number of hydrogen-bond donors (Lipinski definition) is 2. The summed E-state index contributed by atoms with van der Waals surface area (Å²) in [5, 5.41) is 2.99. The van der Waals surface area contributed by atoms with Crippen LogP contribution in [0.4, 0.5) is 11.4 Å². The molecule has 0 aliphatic carbocycles. The number of amides is 1. The number of nitrogens with two attached hydrogens (primary N) is 1. The number of carbonyl (C=O) groups excluding carboxylic acids is 1. The number of rotatable bonds is 4. The molecule has 116 valence electrons. The third-order valence-corrected chi connectivity index (χ3v) is 4.39. The van der Waals surface area contributed by atoms with Gasteiger partial charge in [0.05, 0.1) is 17.9 Å². The molecule has 1 heterocycles. The minimum Gasteiger partial charge on any atom is -0.397 e. The van der Waals surface area contributed by atoms with Crippen LogP contribution in [0.25, 0.3) is 0 Å². The van der Waals surface area contributed by atoms with Gasteiger partial charge in [-0.25, -0.2) is 0 Å². The molecule has 1 unspecified atom stereocenters. The van der Waals surface area contributed by atoms with Gasteiger partial charge in [-0.2, -0.15) is 0 Å². The van der Waals surface area contributed by atoms with E-state index in [-0.39, 0.29) is 5.91 Å². The van der Waals surface area contributed by atoms with Gasteiger partial charge in [0, 0.05) is 6.04 Å². The third kappa shape index (κ3) is 4.21. The zero-order valence-corrected chi connectivity index (χ0v) is 13.2. The van der Waals surface area contributed by atoms with E-state index in [1.807, 2.05) is 25.1 Å². The Morgan fingerprint density at radius 3 is 2.90 bits per heavy atom. The molecule has 4 nitrogen and oxygen atoms in total. The molecule has 0 spiro atoms. The van der Waals surface area contributed by atoms with E-state index >= 15 is 0 Å². The van der Waals surface area contributed by atoms with E-state index in [2.05, 4.69) is 17.1 Å². The van der Waals surface area contributed by atoms with Crippen molar-refractivity contribution in [3.63, 3.8) is 0 Å². The van der Waals surface area contributed by atoms with Gasteiger partial charge in [0.25, 0.3) is 0 Å². The average molecular weight is 289 g/mol. The Bertz CT molecular complexity index is 467. The Labute approximate surface area is 127 Å². The van der Waals surface area contributed by atoms with E-state index in [4.69, 9.17) is 5.73 Å². The van der Waals surface area contributed by atoms with Crippen LogP contribution in [0, 0.1) is 6.92 Å². The highest BCUT2D eigenvalue weighted by molar-refractivity contribution is 5.96. The van der Waals surface area contributed by atoms with Crippen molar-refractivity contribution in [1.29, 1.82) is 0 Å². The van der Waals surface area contributed by atoms with Crippen LogP contribution >= 0.6 is 0 Å². The summed E-state index contributed by atoms with van der Waals surface area (Å²) >= 11 is 0. The van der Waals surface area contributed by atoms with Crippen molar-refractivity contribution in [2.45, 2.75) is 52.0 Å². The normalized spacial score (nSPS) is 20.0. The standard InChI is InChI=1S/C17H27N3O/c1-3-14-9-5-4-6-11-20(14)12-16(21)19-17-13(2)8-7-10-15(17)18/h7-8,10,14H,3-6,9,11-12,18H2,1-2H3,(H,19,21). The van der Waals surface area contributed by atoms with Crippen molar-refractivity contribution in [2.75, 3.05) is 24.1 Å². The first-order valence-electron chi connectivity index (χ1n) is 8.00. The van der Waals surface area contributed by atoms with Crippen molar-refractivity contribution < 1.29 is 4.79 Å². The van der Waals surface area contributed by atoms with Gasteiger partial charge in [0.15, 0.2) is 0 Å². The number of carbonyl (C=O) groups is 1. The van der Waals surface area contributed by atoms with Crippen LogP contribution in [-0.2, 0) is 4.79 Å². The molecule has 0 saturated carbocycles. The van der Waals surface area contributed by atoms with Crippen LogP contribution in [0.5, 0.6) is 0 Å². The molecule has 0 bridgehead atoms.